The van der Waals surface area contributed by atoms with Gasteiger partial charge < -0.3 is 13.7 Å². The molecule has 0 atom stereocenters. The molecule has 10 rings (SSSR count). The monoisotopic (exact) mass is 653 g/mol. The van der Waals surface area contributed by atoms with E-state index < -0.39 is 0 Å². The van der Waals surface area contributed by atoms with Gasteiger partial charge in [0.25, 0.3) is 0 Å². The van der Waals surface area contributed by atoms with Gasteiger partial charge in [0.1, 0.15) is 22.3 Å². The molecule has 8 aromatic carbocycles. The first-order valence-corrected chi connectivity index (χ1v) is 17.3. The number of rotatable bonds is 6. The number of hydrogen-bond donors (Lipinski definition) is 0. The molecule has 0 aliphatic carbocycles. The second-order valence-corrected chi connectivity index (χ2v) is 12.9. The number of fused-ring (bicyclic) bond motifs is 6. The van der Waals surface area contributed by atoms with E-state index in [9.17, 15) is 0 Å². The highest BCUT2D eigenvalue weighted by atomic mass is 16.3. The number of hydrogen-bond acceptors (Lipinski definition) is 3. The van der Waals surface area contributed by atoms with Crippen molar-refractivity contribution in [2.24, 2.45) is 0 Å². The molecule has 0 radical (unpaired) electrons. The topological polar surface area (TPSA) is 29.5 Å². The van der Waals surface area contributed by atoms with Gasteiger partial charge in [-0.25, -0.2) is 0 Å². The Hall–Kier alpha value is -6.84. The molecule has 0 amide bonds. The summed E-state index contributed by atoms with van der Waals surface area (Å²) in [6.07, 6.45) is 0. The maximum absolute atomic E-state index is 6.79. The van der Waals surface area contributed by atoms with Crippen LogP contribution in [0, 0.1) is 0 Å². The zero-order valence-electron chi connectivity index (χ0n) is 27.7. The highest BCUT2D eigenvalue weighted by molar-refractivity contribution is 6.17. The SMILES string of the molecule is c1ccc(-c2ccc(N(c3ccccc3)c3ccc(-c4cccc(-c5cccc6c5oc5ccccc56)c4)c4oc5ccccc5c34)cc2)cc1. The van der Waals surface area contributed by atoms with Gasteiger partial charge in [0.05, 0.1) is 11.1 Å². The maximum Gasteiger partial charge on any atom is 0.145 e. The van der Waals surface area contributed by atoms with E-state index in [1.54, 1.807) is 0 Å². The van der Waals surface area contributed by atoms with E-state index in [0.29, 0.717) is 0 Å². The number of benzene rings is 8. The predicted molar refractivity (Wildman–Crippen MR) is 212 cm³/mol. The summed E-state index contributed by atoms with van der Waals surface area (Å²) < 4.78 is 13.2. The summed E-state index contributed by atoms with van der Waals surface area (Å²) in [5, 5.41) is 4.40. The highest BCUT2D eigenvalue weighted by Crippen LogP contribution is 2.47. The molecule has 0 N–H and O–H groups in total. The summed E-state index contributed by atoms with van der Waals surface area (Å²) in [4.78, 5) is 2.33. The average Bonchev–Trinajstić information content (AvgIpc) is 3.79. The van der Waals surface area contributed by atoms with Crippen LogP contribution in [0.1, 0.15) is 0 Å². The molecule has 2 aromatic heterocycles. The first kappa shape index (κ1) is 29.1. The van der Waals surface area contributed by atoms with Crippen molar-refractivity contribution in [1.82, 2.24) is 0 Å². The van der Waals surface area contributed by atoms with Crippen LogP contribution in [0.15, 0.2) is 197 Å². The van der Waals surface area contributed by atoms with Crippen LogP contribution in [0.4, 0.5) is 17.1 Å². The molecular formula is C48H31NO2. The summed E-state index contributed by atoms with van der Waals surface area (Å²) in [6.45, 7) is 0. The third-order valence-corrected chi connectivity index (χ3v) is 9.88. The molecule has 0 unspecified atom stereocenters. The lowest BCUT2D eigenvalue weighted by Gasteiger charge is -2.27. The highest BCUT2D eigenvalue weighted by Gasteiger charge is 2.22. The van der Waals surface area contributed by atoms with Crippen molar-refractivity contribution in [3.05, 3.63) is 188 Å². The van der Waals surface area contributed by atoms with Gasteiger partial charge in [0.2, 0.25) is 0 Å². The lowest BCUT2D eigenvalue weighted by atomic mass is 9.95. The van der Waals surface area contributed by atoms with Crippen LogP contribution < -0.4 is 4.90 Å². The Kier molecular flexibility index (Phi) is 6.81. The third kappa shape index (κ3) is 4.90. The van der Waals surface area contributed by atoms with Gasteiger partial charge in [-0.15, -0.1) is 0 Å². The second-order valence-electron chi connectivity index (χ2n) is 12.9. The molecule has 2 heterocycles. The molecule has 0 aliphatic rings. The fourth-order valence-electron chi connectivity index (χ4n) is 7.49. The van der Waals surface area contributed by atoms with Crippen LogP contribution in [-0.4, -0.2) is 0 Å². The Morgan fingerprint density at radius 1 is 0.333 bits per heavy atom. The minimum absolute atomic E-state index is 0.856. The number of furan rings is 2. The molecule has 10 aromatic rings. The minimum Gasteiger partial charge on any atom is -0.455 e. The van der Waals surface area contributed by atoms with Crippen LogP contribution in [0.5, 0.6) is 0 Å². The molecule has 0 bridgehead atoms. The van der Waals surface area contributed by atoms with Gasteiger partial charge >= 0.3 is 0 Å². The van der Waals surface area contributed by atoms with Crippen LogP contribution in [0.3, 0.4) is 0 Å². The molecule has 0 aliphatic heterocycles. The van der Waals surface area contributed by atoms with Gasteiger partial charge in [0.15, 0.2) is 0 Å². The van der Waals surface area contributed by atoms with Gasteiger partial charge in [-0.05, 0) is 76.9 Å². The molecule has 3 nitrogen and oxygen atoms in total. The lowest BCUT2D eigenvalue weighted by molar-refractivity contribution is 0.670. The van der Waals surface area contributed by atoms with E-state index in [-0.39, 0.29) is 0 Å². The van der Waals surface area contributed by atoms with Gasteiger partial charge in [-0.2, -0.15) is 0 Å². The summed E-state index contributed by atoms with van der Waals surface area (Å²) >= 11 is 0. The van der Waals surface area contributed by atoms with E-state index in [1.165, 1.54) is 11.1 Å². The minimum atomic E-state index is 0.856. The standard InChI is InChI=1S/C48H31NO2/c1-3-13-32(14-4-1)33-25-27-37(28-26-33)49(36-17-5-2-6-18-36)43-30-29-39(48-46(43)42-20-8-10-24-45(42)51-48)35-16-11-15-34(31-35)38-21-12-22-41-40-19-7-9-23-44(40)50-47(38)41/h1-31H. The summed E-state index contributed by atoms with van der Waals surface area (Å²) in [6, 6.07) is 66.0. The molecule has 3 heteroatoms. The second kappa shape index (κ2) is 11.9. The first-order chi connectivity index (χ1) is 25.3. The molecule has 0 fully saturated rings. The Morgan fingerprint density at radius 2 is 0.863 bits per heavy atom. The molecule has 0 saturated carbocycles. The molecule has 0 spiro atoms. The number of para-hydroxylation sites is 4. The van der Waals surface area contributed by atoms with Crippen molar-refractivity contribution in [1.29, 1.82) is 0 Å². The van der Waals surface area contributed by atoms with Crippen molar-refractivity contribution >= 4 is 60.9 Å². The van der Waals surface area contributed by atoms with Crippen molar-refractivity contribution in [2.75, 3.05) is 4.90 Å². The smallest absolute Gasteiger partial charge is 0.145 e. The average molecular weight is 654 g/mol. The zero-order valence-corrected chi connectivity index (χ0v) is 27.7. The third-order valence-electron chi connectivity index (χ3n) is 9.88. The van der Waals surface area contributed by atoms with Gasteiger partial charge in [-0.3, -0.25) is 0 Å². The Morgan fingerprint density at radius 3 is 1.63 bits per heavy atom. The zero-order chi connectivity index (χ0) is 33.7. The van der Waals surface area contributed by atoms with Crippen molar-refractivity contribution in [3.63, 3.8) is 0 Å². The van der Waals surface area contributed by atoms with Crippen molar-refractivity contribution < 1.29 is 8.83 Å². The summed E-state index contributed by atoms with van der Waals surface area (Å²) in [5.74, 6) is 0. The van der Waals surface area contributed by atoms with E-state index in [4.69, 9.17) is 8.83 Å². The van der Waals surface area contributed by atoms with E-state index in [2.05, 4.69) is 175 Å². The largest absolute Gasteiger partial charge is 0.455 e. The van der Waals surface area contributed by atoms with Crippen molar-refractivity contribution in [3.8, 4) is 33.4 Å². The van der Waals surface area contributed by atoms with Crippen LogP contribution in [0.25, 0.3) is 77.3 Å². The predicted octanol–water partition coefficient (Wildman–Crippen LogP) is 14.0. The first-order valence-electron chi connectivity index (χ1n) is 17.3. The fourth-order valence-corrected chi connectivity index (χ4v) is 7.49. The quantitative estimate of drug-likeness (QED) is 0.179. The number of nitrogens with zero attached hydrogens (tertiary/aromatic N) is 1. The normalized spacial score (nSPS) is 11.5. The Balaban J connectivity index is 1.16. The number of anilines is 3. The fraction of sp³-hybridized carbons (Fsp3) is 0. The van der Waals surface area contributed by atoms with Gasteiger partial charge in [0, 0.05) is 38.7 Å². The van der Waals surface area contributed by atoms with Crippen LogP contribution in [0.2, 0.25) is 0 Å². The van der Waals surface area contributed by atoms with E-state index >= 15 is 0 Å². The summed E-state index contributed by atoms with van der Waals surface area (Å²) in [5.41, 5.74) is 13.4. The van der Waals surface area contributed by atoms with Crippen LogP contribution in [-0.2, 0) is 0 Å². The van der Waals surface area contributed by atoms with Crippen molar-refractivity contribution in [2.45, 2.75) is 0 Å². The molecule has 51 heavy (non-hydrogen) atoms. The molecular weight excluding hydrogens is 623 g/mol. The van der Waals surface area contributed by atoms with E-state index in [1.807, 2.05) is 18.2 Å². The molecule has 0 saturated heterocycles. The Bertz CT molecular complexity index is 2850. The van der Waals surface area contributed by atoms with E-state index in [0.717, 1.165) is 83.2 Å². The summed E-state index contributed by atoms with van der Waals surface area (Å²) in [7, 11) is 0. The maximum atomic E-state index is 6.79. The van der Waals surface area contributed by atoms with Crippen LogP contribution >= 0.6 is 0 Å². The Labute approximate surface area is 295 Å². The molecule has 240 valence electrons. The lowest BCUT2D eigenvalue weighted by Crippen LogP contribution is -2.10. The van der Waals surface area contributed by atoms with Gasteiger partial charge in [-0.1, -0.05) is 133 Å².